The highest BCUT2D eigenvalue weighted by Gasteiger charge is 2.27. The van der Waals surface area contributed by atoms with E-state index in [1.54, 1.807) is 18.2 Å². The molecular formula is C7H5N3O4. The Bertz CT molecular complexity index is 371. The van der Waals surface area contributed by atoms with E-state index in [1.807, 2.05) is 0 Å². The van der Waals surface area contributed by atoms with Crippen molar-refractivity contribution in [3.8, 4) is 0 Å². The summed E-state index contributed by atoms with van der Waals surface area (Å²) >= 11 is 0. The van der Waals surface area contributed by atoms with E-state index in [2.05, 4.69) is 4.99 Å². The zero-order valence-corrected chi connectivity index (χ0v) is 6.86. The maximum Gasteiger partial charge on any atom is 0.675 e. The number of rotatable bonds is 1. The van der Waals surface area contributed by atoms with Gasteiger partial charge in [0.25, 0.3) is 0 Å². The maximum absolute atomic E-state index is 10.2. The normalized spacial score (nSPS) is 9.14. The van der Waals surface area contributed by atoms with Crippen molar-refractivity contribution in [3.63, 3.8) is 0 Å². The molecule has 72 valence electrons. The lowest BCUT2D eigenvalue weighted by Gasteiger charge is -1.87. The van der Waals surface area contributed by atoms with Crippen molar-refractivity contribution < 1.29 is 9.85 Å². The van der Waals surface area contributed by atoms with E-state index in [1.165, 1.54) is 12.1 Å². The predicted octanol–water partition coefficient (Wildman–Crippen LogP) is 1.23. The molecule has 0 aromatic heterocycles. The molecule has 0 spiro atoms. The molecule has 1 aromatic carbocycles. The second-order valence-corrected chi connectivity index (χ2v) is 2.26. The Kier molecular flexibility index (Phi) is 2.85. The Labute approximate surface area is 78.0 Å². The molecule has 0 saturated carbocycles. The molecular weight excluding hydrogens is 190 g/mol. The highest BCUT2D eigenvalue weighted by molar-refractivity contribution is 5.67. The lowest BCUT2D eigenvalue weighted by atomic mass is 10.3. The second kappa shape index (κ2) is 4.08. The third-order valence-corrected chi connectivity index (χ3v) is 1.31. The topological polar surface area (TPSA) is 98.6 Å². The molecule has 7 nitrogen and oxygen atoms in total. The zero-order chi connectivity index (χ0) is 10.6. The summed E-state index contributed by atoms with van der Waals surface area (Å²) in [6.07, 6.45) is 0. The maximum atomic E-state index is 10.2. The van der Waals surface area contributed by atoms with Crippen LogP contribution in [0.3, 0.4) is 0 Å². The fraction of sp³-hybridized carbons (Fsp3) is 0. The highest BCUT2D eigenvalue weighted by atomic mass is 16.7. The van der Waals surface area contributed by atoms with Gasteiger partial charge in [0.15, 0.2) is 0 Å². The lowest BCUT2D eigenvalue weighted by Crippen LogP contribution is -2.21. The number of benzene rings is 1. The molecule has 0 radical (unpaired) electrons. The molecule has 0 aliphatic rings. The van der Waals surface area contributed by atoms with E-state index in [0.29, 0.717) is 0 Å². The summed E-state index contributed by atoms with van der Waals surface area (Å²) in [6, 6.07) is 7.71. The quantitative estimate of drug-likeness (QED) is 0.291. The molecule has 14 heavy (non-hydrogen) atoms. The van der Waals surface area contributed by atoms with Crippen molar-refractivity contribution in [3.05, 3.63) is 50.6 Å². The van der Waals surface area contributed by atoms with Gasteiger partial charge in [-0.2, -0.15) is 0 Å². The predicted molar refractivity (Wildman–Crippen MR) is 47.5 cm³/mol. The van der Waals surface area contributed by atoms with Crippen LogP contribution in [-0.4, -0.2) is 15.8 Å². The molecule has 7 heteroatoms. The Morgan fingerprint density at radius 2 is 1.57 bits per heavy atom. The minimum absolute atomic E-state index is 0.177. The Morgan fingerprint density at radius 1 is 1.07 bits per heavy atom. The summed E-state index contributed by atoms with van der Waals surface area (Å²) in [5.41, 5.74) is 0.177. The zero-order valence-electron chi connectivity index (χ0n) is 6.86. The van der Waals surface area contributed by atoms with Gasteiger partial charge in [0.1, 0.15) is 0 Å². The van der Waals surface area contributed by atoms with E-state index in [0.717, 1.165) is 0 Å². The average Bonchev–Trinajstić information content (AvgIpc) is 2.15. The second-order valence-electron chi connectivity index (χ2n) is 2.26. The van der Waals surface area contributed by atoms with Crippen LogP contribution in [0, 0.1) is 20.2 Å². The van der Waals surface area contributed by atoms with Gasteiger partial charge in [-0.15, -0.1) is 0 Å². The van der Waals surface area contributed by atoms with Gasteiger partial charge in [-0.05, 0) is 12.1 Å². The summed E-state index contributed by atoms with van der Waals surface area (Å²) < 4.78 is 0. The van der Waals surface area contributed by atoms with Crippen molar-refractivity contribution in [1.82, 2.24) is 0 Å². The SMILES string of the molecule is O=[N+]([O-])C(=Nc1ccccc1)[N+](=O)[O-]. The van der Waals surface area contributed by atoms with Crippen LogP contribution in [0.2, 0.25) is 0 Å². The summed E-state index contributed by atoms with van der Waals surface area (Å²) in [7, 11) is 0. The molecule has 0 aliphatic carbocycles. The van der Waals surface area contributed by atoms with E-state index in [4.69, 9.17) is 0 Å². The lowest BCUT2D eigenvalue weighted by molar-refractivity contribution is -0.502. The molecule has 0 unspecified atom stereocenters. The van der Waals surface area contributed by atoms with Crippen LogP contribution < -0.4 is 0 Å². The highest BCUT2D eigenvalue weighted by Crippen LogP contribution is 2.10. The third-order valence-electron chi connectivity index (χ3n) is 1.31. The number of aliphatic imine (C=N–C) groups is 1. The number of guanidine groups is 1. The third kappa shape index (κ3) is 2.34. The molecule has 0 fully saturated rings. The minimum Gasteiger partial charge on any atom is -0.320 e. The van der Waals surface area contributed by atoms with Gasteiger partial charge in [-0.3, -0.25) is 0 Å². The van der Waals surface area contributed by atoms with Gasteiger partial charge < -0.3 is 20.2 Å². The molecule has 1 rings (SSSR count). The van der Waals surface area contributed by atoms with Gasteiger partial charge in [-0.25, -0.2) is 0 Å². The van der Waals surface area contributed by atoms with Crippen molar-refractivity contribution in [2.45, 2.75) is 0 Å². The molecule has 0 atom stereocenters. The molecule has 1 aromatic rings. The van der Waals surface area contributed by atoms with Crippen molar-refractivity contribution in [2.75, 3.05) is 0 Å². The first-order valence-electron chi connectivity index (χ1n) is 3.54. The fourth-order valence-corrected chi connectivity index (χ4v) is 0.766. The van der Waals surface area contributed by atoms with Crippen molar-refractivity contribution >= 4 is 11.6 Å². The smallest absolute Gasteiger partial charge is 0.320 e. The molecule has 0 aliphatic heterocycles. The summed E-state index contributed by atoms with van der Waals surface area (Å²) in [5.74, 6) is -1.28. The number of nitrogens with zero attached hydrogens (tertiary/aromatic N) is 3. The van der Waals surface area contributed by atoms with Gasteiger partial charge in [0.05, 0.1) is 14.8 Å². The summed E-state index contributed by atoms with van der Waals surface area (Å²) in [4.78, 5) is 21.4. The number of nitro groups is 2. The number of hydrogen-bond donors (Lipinski definition) is 0. The Balaban J connectivity index is 3.06. The van der Waals surface area contributed by atoms with Crippen LogP contribution in [-0.2, 0) is 0 Å². The first kappa shape index (κ1) is 9.78. The molecule has 0 N–H and O–H groups in total. The molecule has 0 bridgehead atoms. The largest absolute Gasteiger partial charge is 0.675 e. The average molecular weight is 195 g/mol. The van der Waals surface area contributed by atoms with E-state index in [9.17, 15) is 20.2 Å². The van der Waals surface area contributed by atoms with Crippen molar-refractivity contribution in [2.24, 2.45) is 4.99 Å². The van der Waals surface area contributed by atoms with E-state index < -0.39 is 15.8 Å². The van der Waals surface area contributed by atoms with E-state index >= 15 is 0 Å². The first-order chi connectivity index (χ1) is 6.61. The first-order valence-corrected chi connectivity index (χ1v) is 3.54. The molecule has 0 amide bonds. The minimum atomic E-state index is -1.28. The van der Waals surface area contributed by atoms with Gasteiger partial charge in [0, 0.05) is 0 Å². The molecule has 0 saturated heterocycles. The van der Waals surface area contributed by atoms with Gasteiger partial charge in [0.2, 0.25) is 5.69 Å². The number of hydrogen-bond acceptors (Lipinski definition) is 5. The summed E-state index contributed by atoms with van der Waals surface area (Å²) in [5, 5.41) is 20.4. The van der Waals surface area contributed by atoms with Gasteiger partial charge in [-0.1, -0.05) is 18.2 Å². The van der Waals surface area contributed by atoms with Crippen molar-refractivity contribution in [1.29, 1.82) is 0 Å². The summed E-state index contributed by atoms with van der Waals surface area (Å²) in [6.45, 7) is 0. The van der Waals surface area contributed by atoms with Crippen LogP contribution in [0.15, 0.2) is 35.3 Å². The van der Waals surface area contributed by atoms with Crippen LogP contribution >= 0.6 is 0 Å². The fourth-order valence-electron chi connectivity index (χ4n) is 0.766. The standard InChI is InChI=1S/C7H5N3O4/c11-9(12)7(10(13)14)8-6-4-2-1-3-5-6/h1-5H. The number of para-hydroxylation sites is 1. The van der Waals surface area contributed by atoms with E-state index in [-0.39, 0.29) is 5.69 Å². The molecule has 0 heterocycles. The van der Waals surface area contributed by atoms with Crippen LogP contribution in [0.5, 0.6) is 0 Å². The van der Waals surface area contributed by atoms with Gasteiger partial charge >= 0.3 is 5.96 Å². The Hall–Kier alpha value is -2.31. The monoisotopic (exact) mass is 195 g/mol. The van der Waals surface area contributed by atoms with Crippen LogP contribution in [0.4, 0.5) is 5.69 Å². The Morgan fingerprint density at radius 3 is 2.00 bits per heavy atom. The van der Waals surface area contributed by atoms with Crippen LogP contribution in [0.25, 0.3) is 0 Å². The van der Waals surface area contributed by atoms with Crippen LogP contribution in [0.1, 0.15) is 0 Å².